The minimum atomic E-state index is -1.33. The minimum absolute atomic E-state index is 0.203. The molecule has 1 aliphatic rings. The van der Waals surface area contributed by atoms with Gasteiger partial charge in [-0.25, -0.2) is 0 Å². The molecule has 106 valence electrons. The number of aliphatic hydroxyl groups excluding tert-OH is 3. The molecule has 1 unspecified atom stereocenters. The summed E-state index contributed by atoms with van der Waals surface area (Å²) >= 11 is 0. The summed E-state index contributed by atoms with van der Waals surface area (Å²) < 4.78 is 10.5. The number of hydrogen-bond acceptors (Lipinski definition) is 6. The van der Waals surface area contributed by atoms with Crippen molar-refractivity contribution >= 4 is 5.91 Å². The molecular formula is C11H21NO6. The van der Waals surface area contributed by atoms with Crippen molar-refractivity contribution in [3.8, 4) is 0 Å². The van der Waals surface area contributed by atoms with E-state index in [1.165, 1.54) is 6.92 Å². The van der Waals surface area contributed by atoms with Gasteiger partial charge in [0.15, 0.2) is 6.29 Å². The summed E-state index contributed by atoms with van der Waals surface area (Å²) in [5.41, 5.74) is 0. The lowest BCUT2D eigenvalue weighted by Crippen LogP contribution is -2.65. The summed E-state index contributed by atoms with van der Waals surface area (Å²) in [6.45, 7) is 4.40. The molecule has 4 N–H and O–H groups in total. The van der Waals surface area contributed by atoms with Crippen molar-refractivity contribution in [1.29, 1.82) is 0 Å². The molecule has 7 heteroatoms. The van der Waals surface area contributed by atoms with E-state index in [0.717, 1.165) is 0 Å². The lowest BCUT2D eigenvalue weighted by atomic mass is 9.96. The van der Waals surface area contributed by atoms with E-state index in [0.29, 0.717) is 0 Å². The number of rotatable bonds is 4. The number of carbonyl (C=O) groups is 1. The van der Waals surface area contributed by atoms with E-state index in [1.807, 2.05) is 0 Å². The summed E-state index contributed by atoms with van der Waals surface area (Å²) in [4.78, 5) is 11.1. The van der Waals surface area contributed by atoms with Gasteiger partial charge in [-0.3, -0.25) is 4.79 Å². The zero-order valence-electron chi connectivity index (χ0n) is 10.7. The predicted octanol–water partition coefficient (Wildman–Crippen LogP) is -1.64. The molecule has 1 saturated heterocycles. The number of ether oxygens (including phenoxy) is 2. The first-order valence-corrected chi connectivity index (χ1v) is 5.91. The van der Waals surface area contributed by atoms with E-state index >= 15 is 0 Å². The lowest BCUT2D eigenvalue weighted by Gasteiger charge is -2.43. The smallest absolute Gasteiger partial charge is 0.217 e. The molecule has 18 heavy (non-hydrogen) atoms. The van der Waals surface area contributed by atoms with Crippen molar-refractivity contribution < 1.29 is 29.6 Å². The van der Waals surface area contributed by atoms with Gasteiger partial charge in [0.1, 0.15) is 24.4 Å². The Kier molecular flexibility index (Phi) is 5.48. The lowest BCUT2D eigenvalue weighted by molar-refractivity contribution is -0.266. The first-order valence-electron chi connectivity index (χ1n) is 5.91. The highest BCUT2D eigenvalue weighted by Crippen LogP contribution is 2.23. The number of nitrogens with one attached hydrogen (secondary N) is 1. The molecule has 0 saturated carbocycles. The van der Waals surface area contributed by atoms with E-state index < -0.39 is 37.3 Å². The number of hydrogen-bond donors (Lipinski definition) is 4. The second kappa shape index (κ2) is 6.44. The fourth-order valence-electron chi connectivity index (χ4n) is 1.95. The molecule has 1 aliphatic heterocycles. The van der Waals surface area contributed by atoms with Crippen LogP contribution in [0.4, 0.5) is 0 Å². The van der Waals surface area contributed by atoms with Gasteiger partial charge in [-0.2, -0.15) is 0 Å². The first kappa shape index (κ1) is 15.3. The average molecular weight is 263 g/mol. The van der Waals surface area contributed by atoms with Crippen molar-refractivity contribution in [2.24, 2.45) is 0 Å². The molecule has 5 atom stereocenters. The van der Waals surface area contributed by atoms with Crippen LogP contribution in [0.1, 0.15) is 20.8 Å². The Morgan fingerprint density at radius 2 is 2.06 bits per heavy atom. The van der Waals surface area contributed by atoms with Gasteiger partial charge in [-0.1, -0.05) is 0 Å². The molecule has 0 aromatic rings. The summed E-state index contributed by atoms with van der Waals surface area (Å²) in [6.07, 6.45) is -4.44. The normalized spacial score (nSPS) is 36.7. The molecule has 1 amide bonds. The van der Waals surface area contributed by atoms with Crippen LogP contribution in [0.15, 0.2) is 0 Å². The molecule has 0 radical (unpaired) electrons. The maximum atomic E-state index is 11.1. The Hall–Kier alpha value is -0.730. The highest BCUT2D eigenvalue weighted by Gasteiger charge is 2.45. The van der Waals surface area contributed by atoms with Crippen molar-refractivity contribution in [2.75, 3.05) is 6.61 Å². The van der Waals surface area contributed by atoms with Crippen LogP contribution in [0.2, 0.25) is 0 Å². The highest BCUT2D eigenvalue weighted by molar-refractivity contribution is 5.73. The summed E-state index contributed by atoms with van der Waals surface area (Å²) in [6, 6.07) is -0.873. The SMILES string of the molecule is CC(=O)N[C@H]1C(O)O[C@H](CO)[C@@H](O)[C@@H]1OC(C)C. The molecule has 1 fully saturated rings. The minimum Gasteiger partial charge on any atom is -0.394 e. The number of carbonyl (C=O) groups excluding carboxylic acids is 1. The van der Waals surface area contributed by atoms with Crippen LogP contribution in [0, 0.1) is 0 Å². The summed E-state index contributed by atoms with van der Waals surface area (Å²) in [5, 5.41) is 31.3. The molecule has 0 aromatic heterocycles. The first-order chi connectivity index (χ1) is 8.36. The van der Waals surface area contributed by atoms with E-state index in [-0.39, 0.29) is 12.0 Å². The van der Waals surface area contributed by atoms with Crippen molar-refractivity contribution in [3.63, 3.8) is 0 Å². The Labute approximate surface area is 106 Å². The largest absolute Gasteiger partial charge is 0.394 e. The van der Waals surface area contributed by atoms with Gasteiger partial charge in [-0.15, -0.1) is 0 Å². The Morgan fingerprint density at radius 1 is 1.44 bits per heavy atom. The zero-order chi connectivity index (χ0) is 13.9. The van der Waals surface area contributed by atoms with Crippen molar-refractivity contribution in [1.82, 2.24) is 5.32 Å². The average Bonchev–Trinajstić information content (AvgIpc) is 2.27. The van der Waals surface area contributed by atoms with E-state index in [2.05, 4.69) is 5.32 Å². The van der Waals surface area contributed by atoms with E-state index in [4.69, 9.17) is 14.6 Å². The molecule has 0 aliphatic carbocycles. The standard InChI is InChI=1S/C11H21NO6/c1-5(2)17-10-8(12-6(3)14)11(16)18-7(4-13)9(10)15/h5,7-11,13,15-16H,4H2,1-3H3,(H,12,14)/t7-,8-,9-,10-,11?/m1/s1. The van der Waals surface area contributed by atoms with Gasteiger partial charge >= 0.3 is 0 Å². The van der Waals surface area contributed by atoms with Crippen molar-refractivity contribution in [3.05, 3.63) is 0 Å². The Balaban J connectivity index is 2.86. The third-order valence-electron chi connectivity index (χ3n) is 2.67. The molecule has 0 aromatic carbocycles. The molecule has 7 nitrogen and oxygen atoms in total. The predicted molar refractivity (Wildman–Crippen MR) is 61.6 cm³/mol. The monoisotopic (exact) mass is 263 g/mol. The van der Waals surface area contributed by atoms with Gasteiger partial charge in [0, 0.05) is 6.92 Å². The van der Waals surface area contributed by atoms with Crippen molar-refractivity contribution in [2.45, 2.75) is 57.5 Å². The van der Waals surface area contributed by atoms with Gasteiger partial charge in [0.25, 0.3) is 0 Å². The van der Waals surface area contributed by atoms with E-state index in [1.54, 1.807) is 13.8 Å². The number of amides is 1. The molecular weight excluding hydrogens is 242 g/mol. The highest BCUT2D eigenvalue weighted by atomic mass is 16.6. The molecule has 1 heterocycles. The second-order valence-corrected chi connectivity index (χ2v) is 4.61. The topological polar surface area (TPSA) is 108 Å². The van der Waals surface area contributed by atoms with Gasteiger partial charge in [0.2, 0.25) is 5.91 Å². The molecule has 1 rings (SSSR count). The maximum Gasteiger partial charge on any atom is 0.217 e. The van der Waals surface area contributed by atoms with Gasteiger partial charge in [-0.05, 0) is 13.8 Å². The quantitative estimate of drug-likeness (QED) is 0.484. The fourth-order valence-corrected chi connectivity index (χ4v) is 1.95. The summed E-state index contributed by atoms with van der Waals surface area (Å²) in [7, 11) is 0. The maximum absolute atomic E-state index is 11.1. The van der Waals surface area contributed by atoms with Crippen LogP contribution in [0.5, 0.6) is 0 Å². The van der Waals surface area contributed by atoms with E-state index in [9.17, 15) is 15.0 Å². The third kappa shape index (κ3) is 3.63. The number of aliphatic hydroxyl groups is 3. The van der Waals surface area contributed by atoms with Crippen LogP contribution < -0.4 is 5.32 Å². The van der Waals surface area contributed by atoms with Crippen LogP contribution in [-0.4, -0.2) is 64.6 Å². The zero-order valence-corrected chi connectivity index (χ0v) is 10.7. The molecule has 0 spiro atoms. The molecule has 0 bridgehead atoms. The Bertz CT molecular complexity index is 285. The second-order valence-electron chi connectivity index (χ2n) is 4.61. The van der Waals surface area contributed by atoms with Crippen LogP contribution in [0.3, 0.4) is 0 Å². The van der Waals surface area contributed by atoms with Crippen LogP contribution in [0.25, 0.3) is 0 Å². The Morgan fingerprint density at radius 3 is 2.50 bits per heavy atom. The van der Waals surface area contributed by atoms with Crippen LogP contribution >= 0.6 is 0 Å². The fraction of sp³-hybridized carbons (Fsp3) is 0.909. The van der Waals surface area contributed by atoms with Gasteiger partial charge in [0.05, 0.1) is 12.7 Å². The van der Waals surface area contributed by atoms with Crippen LogP contribution in [-0.2, 0) is 14.3 Å². The summed E-state index contributed by atoms with van der Waals surface area (Å²) in [5.74, 6) is -0.366. The van der Waals surface area contributed by atoms with Gasteiger partial charge < -0.3 is 30.1 Å². The third-order valence-corrected chi connectivity index (χ3v) is 2.67.